The summed E-state index contributed by atoms with van der Waals surface area (Å²) in [5.41, 5.74) is 18.6. The highest BCUT2D eigenvalue weighted by Crippen LogP contribution is 2.51. The van der Waals surface area contributed by atoms with Gasteiger partial charge in [-0.15, -0.1) is 0 Å². The summed E-state index contributed by atoms with van der Waals surface area (Å²) in [5, 5.41) is 61.0. The van der Waals surface area contributed by atoms with Crippen LogP contribution in [0, 0.1) is 45.3 Å². The topological polar surface area (TPSA) is 205 Å². The molecular formula is C69H69BrN4O7. The predicted octanol–water partition coefficient (Wildman–Crippen LogP) is 14.9. The molecule has 11 nitrogen and oxygen atoms in total. The maximum absolute atomic E-state index is 11.2. The highest BCUT2D eigenvalue weighted by atomic mass is 79.9. The van der Waals surface area contributed by atoms with Crippen LogP contribution in [0.15, 0.2) is 72.8 Å². The Morgan fingerprint density at radius 3 is 1.01 bits per heavy atom. The van der Waals surface area contributed by atoms with Gasteiger partial charge in [0.05, 0.1) is 35.5 Å². The van der Waals surface area contributed by atoms with E-state index in [0.717, 1.165) is 172 Å². The van der Waals surface area contributed by atoms with Crippen molar-refractivity contribution in [3.63, 3.8) is 0 Å². The third-order valence-electron chi connectivity index (χ3n) is 15.9. The highest BCUT2D eigenvalue weighted by Gasteiger charge is 2.34. The second-order valence-electron chi connectivity index (χ2n) is 21.6. The number of phenolic OH excluding ortho intramolecular Hbond substituents is 2. The number of benzene rings is 6. The number of hydrogen-bond donors (Lipinski definition) is 2. The summed E-state index contributed by atoms with van der Waals surface area (Å²) in [5.74, 6) is 2.91. The Morgan fingerprint density at radius 1 is 0.420 bits per heavy atom. The number of ketones is 3. The van der Waals surface area contributed by atoms with Gasteiger partial charge in [0.1, 0.15) is 64.6 Å². The van der Waals surface area contributed by atoms with Crippen molar-refractivity contribution in [2.24, 2.45) is 0 Å². The number of unbranched alkanes of at least 4 members (excludes halogenated alkanes) is 6. The van der Waals surface area contributed by atoms with Crippen LogP contribution in [-0.4, -0.2) is 46.1 Å². The van der Waals surface area contributed by atoms with Gasteiger partial charge in [-0.1, -0.05) is 46.6 Å². The van der Waals surface area contributed by atoms with E-state index in [-0.39, 0.29) is 23.1 Å². The average Bonchev–Trinajstić information content (AvgIpc) is 3.52. The number of hydrogen-bond acceptors (Lipinski definition) is 11. The van der Waals surface area contributed by atoms with Crippen molar-refractivity contribution >= 4 is 33.3 Å². The summed E-state index contributed by atoms with van der Waals surface area (Å²) in [7, 11) is 0. The van der Waals surface area contributed by atoms with E-state index in [4.69, 9.17) is 9.47 Å². The molecule has 0 saturated heterocycles. The first-order valence-corrected chi connectivity index (χ1v) is 29.7. The number of nitrogens with zero attached hydrogens (tertiary/aromatic N) is 4. The number of ether oxygens (including phenoxy) is 2. The van der Waals surface area contributed by atoms with E-state index in [9.17, 15) is 45.6 Å². The molecule has 6 aromatic rings. The van der Waals surface area contributed by atoms with Crippen LogP contribution >= 0.6 is 15.9 Å². The minimum atomic E-state index is 0.231. The van der Waals surface area contributed by atoms with Crippen LogP contribution in [-0.2, 0) is 65.8 Å². The zero-order chi connectivity index (χ0) is 57.6. The van der Waals surface area contributed by atoms with Crippen LogP contribution in [0.4, 0.5) is 0 Å². The number of aryl methyl sites for hydroxylation is 4. The minimum absolute atomic E-state index is 0.231. The monoisotopic (exact) mass is 1140 g/mol. The van der Waals surface area contributed by atoms with Gasteiger partial charge in [0.25, 0.3) is 0 Å². The summed E-state index contributed by atoms with van der Waals surface area (Å²) >= 11 is 3.33. The van der Waals surface area contributed by atoms with Crippen LogP contribution in [0.3, 0.4) is 0 Å². The van der Waals surface area contributed by atoms with Gasteiger partial charge in [-0.05, 0) is 261 Å². The molecule has 81 heavy (non-hydrogen) atoms. The number of fused-ring (bicyclic) bond motifs is 14. The van der Waals surface area contributed by atoms with Crippen molar-refractivity contribution in [3.05, 3.63) is 140 Å². The lowest BCUT2D eigenvalue weighted by molar-refractivity contribution is -0.118. The number of rotatable bonds is 19. The van der Waals surface area contributed by atoms with E-state index in [1.54, 1.807) is 45.0 Å². The maximum atomic E-state index is 11.2. The Bertz CT molecular complexity index is 3350. The van der Waals surface area contributed by atoms with Crippen LogP contribution in [0.25, 0.3) is 44.5 Å². The first-order valence-electron chi connectivity index (χ1n) is 28.5. The second kappa shape index (κ2) is 27.9. The quantitative estimate of drug-likeness (QED) is 0.0576. The van der Waals surface area contributed by atoms with Crippen molar-refractivity contribution in [3.8, 4) is 91.8 Å². The molecule has 0 saturated carbocycles. The summed E-state index contributed by atoms with van der Waals surface area (Å²) < 4.78 is 12.2. The Hall–Kier alpha value is -8.03. The summed E-state index contributed by atoms with van der Waals surface area (Å²) in [6, 6.07) is 32.6. The molecule has 4 aliphatic rings. The number of alkyl halides is 1. The van der Waals surface area contributed by atoms with Crippen molar-refractivity contribution in [1.29, 1.82) is 21.0 Å². The molecule has 0 heterocycles. The smallest absolute Gasteiger partial charge is 0.129 e. The van der Waals surface area contributed by atoms with E-state index in [1.807, 2.05) is 24.3 Å². The molecule has 414 valence electrons. The fraction of sp³-hybridized carbons (Fsp3) is 0.377. The minimum Gasteiger partial charge on any atom is -0.508 e. The third kappa shape index (κ3) is 13.8. The molecule has 10 rings (SSSR count). The Kier molecular flexibility index (Phi) is 20.4. The Morgan fingerprint density at radius 2 is 0.716 bits per heavy atom. The molecule has 0 atom stereocenters. The lowest BCUT2D eigenvalue weighted by Gasteiger charge is -2.31. The number of carbonyl (C=O) groups excluding carboxylic acids is 3. The molecule has 0 amide bonds. The van der Waals surface area contributed by atoms with Crippen molar-refractivity contribution in [2.75, 3.05) is 18.5 Å². The van der Waals surface area contributed by atoms with E-state index in [1.165, 1.54) is 24.0 Å². The van der Waals surface area contributed by atoms with E-state index < -0.39 is 0 Å². The van der Waals surface area contributed by atoms with Crippen molar-refractivity contribution in [1.82, 2.24) is 0 Å². The average molecular weight is 1150 g/mol. The number of Topliss-reactive ketones (excluding diaryl/α,β-unsaturated/α-hetero) is 3. The van der Waals surface area contributed by atoms with Gasteiger partial charge in [0.15, 0.2) is 0 Å². The zero-order valence-electron chi connectivity index (χ0n) is 46.8. The molecule has 0 radical (unpaired) electrons. The van der Waals surface area contributed by atoms with Crippen molar-refractivity contribution in [2.45, 2.75) is 149 Å². The molecule has 0 fully saturated rings. The van der Waals surface area contributed by atoms with E-state index in [2.05, 4.69) is 64.5 Å². The zero-order valence-corrected chi connectivity index (χ0v) is 48.4. The Balaban J connectivity index is 0.000000197. The molecule has 0 aliphatic heterocycles. The fourth-order valence-corrected chi connectivity index (χ4v) is 12.4. The SMILES string of the molecule is CC(=O)CCCCCBr.CC(=O)CCCCCOc1ccc2c(c1)CCc1c(C#N)c(C#N)c3c(c1-2)-c1ccc(OCCCCCC(C)=O)cc1CC3.N#Cc1c(C#N)c2c(c3c1CCc1cc(O)ccc1-3)-c1ccc(O)cc1CC2. The van der Waals surface area contributed by atoms with E-state index >= 15 is 0 Å². The molecule has 6 aromatic carbocycles. The fourth-order valence-electron chi connectivity index (χ4n) is 12.0. The Labute approximate surface area is 484 Å². The maximum Gasteiger partial charge on any atom is 0.129 e. The van der Waals surface area contributed by atoms with Gasteiger partial charge >= 0.3 is 0 Å². The summed E-state index contributed by atoms with van der Waals surface area (Å²) in [6.45, 7) is 6.14. The molecule has 0 spiro atoms. The number of halogens is 1. The largest absolute Gasteiger partial charge is 0.508 e. The molecule has 0 aromatic heterocycles. The third-order valence-corrected chi connectivity index (χ3v) is 16.5. The molecule has 0 unspecified atom stereocenters. The molecule has 2 N–H and O–H groups in total. The second-order valence-corrected chi connectivity index (χ2v) is 22.4. The van der Waals surface area contributed by atoms with Crippen molar-refractivity contribution < 1.29 is 34.1 Å². The van der Waals surface area contributed by atoms with E-state index in [0.29, 0.717) is 79.8 Å². The lowest BCUT2D eigenvalue weighted by Crippen LogP contribution is -2.16. The number of phenols is 2. The van der Waals surface area contributed by atoms with Gasteiger partial charge in [-0.3, -0.25) is 0 Å². The molecule has 4 aliphatic carbocycles. The summed E-state index contributed by atoms with van der Waals surface area (Å²) in [6.07, 6.45) is 16.7. The van der Waals surface area contributed by atoms with Crippen LogP contribution in [0.2, 0.25) is 0 Å². The van der Waals surface area contributed by atoms with Crippen LogP contribution in [0.1, 0.15) is 165 Å². The van der Waals surface area contributed by atoms with Gasteiger partial charge in [-0.25, -0.2) is 0 Å². The first kappa shape index (κ1) is 59.1. The number of carbonyl (C=O) groups is 3. The van der Waals surface area contributed by atoms with Gasteiger partial charge in [-0.2, -0.15) is 21.0 Å². The normalized spacial score (nSPS) is 12.5. The van der Waals surface area contributed by atoms with Crippen LogP contribution < -0.4 is 9.47 Å². The standard InChI is InChI=1S/C38H40N2O4.C24H16N2O2.C7H13BrO/c1-25(41)9-5-3-7-19-43-29-13-17-31-27(21-29)11-15-33-35(23-39)36(24-40)34-16-12-28-22-30(14-18-32(28)38(34)37(31)33)44-20-8-4-6-10-26(2)42;25-11-21-19-5-1-13-9-15(27)3-7-17(13)23(19)24-18-8-4-16(28)10-14(18)2-6-20(24)22(21)12-26;1-7(9)5-3-2-4-6-8/h13-14,17-18,21-22H,3-12,15-16,19-20H2,1-2H3;3-4,7-10,27-28H,1-2,5-6H2;2-6H2,1H3. The lowest BCUT2D eigenvalue weighted by atomic mass is 9.72. The van der Waals surface area contributed by atoms with Crippen LogP contribution in [0.5, 0.6) is 23.0 Å². The molecule has 0 bridgehead atoms. The number of aromatic hydroxyl groups is 2. The molecular weight excluding hydrogens is 1080 g/mol. The highest BCUT2D eigenvalue weighted by molar-refractivity contribution is 9.09. The summed E-state index contributed by atoms with van der Waals surface area (Å²) in [4.78, 5) is 32.7. The molecule has 12 heteroatoms. The number of nitriles is 4. The first-order chi connectivity index (χ1) is 39.3. The van der Waals surface area contributed by atoms with Gasteiger partial charge in [0, 0.05) is 24.6 Å². The predicted molar refractivity (Wildman–Crippen MR) is 319 cm³/mol. The van der Waals surface area contributed by atoms with Gasteiger partial charge in [0.2, 0.25) is 0 Å². The van der Waals surface area contributed by atoms with Gasteiger partial charge < -0.3 is 34.1 Å².